The molecule has 118 valence electrons. The molecule has 1 aliphatic rings. The van der Waals surface area contributed by atoms with E-state index in [9.17, 15) is 0 Å². The van der Waals surface area contributed by atoms with Gasteiger partial charge in [0.25, 0.3) is 0 Å². The van der Waals surface area contributed by atoms with Crippen molar-refractivity contribution in [3.05, 3.63) is 23.4 Å². The Kier molecular flexibility index (Phi) is 5.59. The summed E-state index contributed by atoms with van der Waals surface area (Å²) in [6.45, 7) is 6.65. The van der Waals surface area contributed by atoms with Crippen LogP contribution >= 0.6 is 0 Å². The Bertz CT molecular complexity index is 452. The molecular formula is C17H30N4. The normalized spacial score (nSPS) is 18.7. The lowest BCUT2D eigenvalue weighted by Gasteiger charge is -2.36. The predicted octanol–water partition coefficient (Wildman–Crippen LogP) is 2.20. The van der Waals surface area contributed by atoms with Crippen molar-refractivity contribution in [3.8, 4) is 0 Å². The third kappa shape index (κ3) is 4.17. The molecule has 0 saturated carbocycles. The molecule has 2 rings (SSSR count). The number of rotatable bonds is 5. The third-order valence-electron chi connectivity index (χ3n) is 4.70. The highest BCUT2D eigenvalue weighted by atomic mass is 15.2. The smallest absolute Gasteiger partial charge is 0.131 e. The first-order valence-corrected chi connectivity index (χ1v) is 8.13. The zero-order chi connectivity index (χ0) is 15.4. The van der Waals surface area contributed by atoms with Gasteiger partial charge in [-0.3, -0.25) is 0 Å². The summed E-state index contributed by atoms with van der Waals surface area (Å²) in [5.41, 5.74) is 8.55. The molecule has 1 saturated heterocycles. The van der Waals surface area contributed by atoms with E-state index in [4.69, 9.17) is 10.7 Å². The molecular weight excluding hydrogens is 260 g/mol. The second kappa shape index (κ2) is 7.23. The second-order valence-electron chi connectivity index (χ2n) is 6.50. The second-order valence-corrected chi connectivity index (χ2v) is 6.50. The molecule has 1 atom stereocenters. The van der Waals surface area contributed by atoms with Crippen molar-refractivity contribution in [1.82, 2.24) is 9.88 Å². The summed E-state index contributed by atoms with van der Waals surface area (Å²) in [5.74, 6) is 1.12. The molecule has 0 bridgehead atoms. The van der Waals surface area contributed by atoms with E-state index in [1.807, 2.05) is 6.20 Å². The lowest BCUT2D eigenvalue weighted by Crippen LogP contribution is -2.42. The van der Waals surface area contributed by atoms with Crippen molar-refractivity contribution in [1.29, 1.82) is 0 Å². The van der Waals surface area contributed by atoms with Gasteiger partial charge in [0.05, 0.1) is 0 Å². The number of aromatic nitrogens is 1. The monoisotopic (exact) mass is 290 g/mol. The van der Waals surface area contributed by atoms with Crippen molar-refractivity contribution in [2.24, 2.45) is 5.73 Å². The molecule has 1 aliphatic heterocycles. The van der Waals surface area contributed by atoms with Crippen LogP contribution in [0.2, 0.25) is 0 Å². The Morgan fingerprint density at radius 1 is 1.43 bits per heavy atom. The molecule has 0 aromatic carbocycles. The average Bonchev–Trinajstić information content (AvgIpc) is 2.47. The molecule has 0 amide bonds. The number of likely N-dealkylation sites (tertiary alicyclic amines) is 1. The molecule has 4 heteroatoms. The van der Waals surface area contributed by atoms with Gasteiger partial charge in [0.15, 0.2) is 0 Å². The van der Waals surface area contributed by atoms with Crippen LogP contribution in [0.1, 0.15) is 37.3 Å². The van der Waals surface area contributed by atoms with E-state index in [1.54, 1.807) is 0 Å². The van der Waals surface area contributed by atoms with Gasteiger partial charge in [-0.1, -0.05) is 13.0 Å². The predicted molar refractivity (Wildman–Crippen MR) is 89.9 cm³/mol. The fraction of sp³-hybridized carbons (Fsp3) is 0.706. The summed E-state index contributed by atoms with van der Waals surface area (Å²) < 4.78 is 0. The van der Waals surface area contributed by atoms with Gasteiger partial charge in [-0.15, -0.1) is 0 Å². The first-order chi connectivity index (χ1) is 10.0. The number of aryl methyl sites for hydroxylation is 1. The van der Waals surface area contributed by atoms with E-state index in [1.165, 1.54) is 37.1 Å². The van der Waals surface area contributed by atoms with E-state index >= 15 is 0 Å². The van der Waals surface area contributed by atoms with Crippen LogP contribution < -0.4 is 10.6 Å². The van der Waals surface area contributed by atoms with Crippen LogP contribution in [0, 0.1) is 6.92 Å². The summed E-state index contributed by atoms with van der Waals surface area (Å²) in [5, 5.41) is 0. The summed E-state index contributed by atoms with van der Waals surface area (Å²) in [6, 6.07) is 3.10. The van der Waals surface area contributed by atoms with Gasteiger partial charge in [-0.25, -0.2) is 4.98 Å². The van der Waals surface area contributed by atoms with Crippen molar-refractivity contribution in [3.63, 3.8) is 0 Å². The van der Waals surface area contributed by atoms with Crippen LogP contribution in [0.15, 0.2) is 12.3 Å². The molecule has 1 aromatic rings. The average molecular weight is 290 g/mol. The molecule has 1 aromatic heterocycles. The first kappa shape index (κ1) is 16.2. The fourth-order valence-corrected chi connectivity index (χ4v) is 3.11. The number of hydrogen-bond acceptors (Lipinski definition) is 4. The minimum Gasteiger partial charge on any atom is -0.356 e. The van der Waals surface area contributed by atoms with Crippen LogP contribution in [-0.2, 0) is 6.42 Å². The van der Waals surface area contributed by atoms with Gasteiger partial charge >= 0.3 is 0 Å². The van der Waals surface area contributed by atoms with Gasteiger partial charge in [0.2, 0.25) is 0 Å². The van der Waals surface area contributed by atoms with Gasteiger partial charge in [0, 0.05) is 25.3 Å². The van der Waals surface area contributed by atoms with Crippen molar-refractivity contribution < 1.29 is 0 Å². The number of piperidine rings is 1. The Hall–Kier alpha value is -1.13. The third-order valence-corrected chi connectivity index (χ3v) is 4.70. The highest BCUT2D eigenvalue weighted by molar-refractivity contribution is 5.47. The number of hydrogen-bond donors (Lipinski definition) is 1. The summed E-state index contributed by atoms with van der Waals surface area (Å²) in [7, 11) is 4.38. The van der Waals surface area contributed by atoms with E-state index in [0.717, 1.165) is 18.7 Å². The SMILES string of the molecule is CCC(N)Cc1cnc(N(C)C2CCN(C)CC2)c(C)c1. The van der Waals surface area contributed by atoms with Gasteiger partial charge in [-0.05, 0) is 63.9 Å². The Morgan fingerprint density at radius 2 is 2.10 bits per heavy atom. The maximum Gasteiger partial charge on any atom is 0.131 e. The topological polar surface area (TPSA) is 45.4 Å². The van der Waals surface area contributed by atoms with E-state index < -0.39 is 0 Å². The van der Waals surface area contributed by atoms with Gasteiger partial charge in [0.1, 0.15) is 5.82 Å². The van der Waals surface area contributed by atoms with Crippen LogP contribution in [0.5, 0.6) is 0 Å². The molecule has 1 unspecified atom stereocenters. The zero-order valence-corrected chi connectivity index (χ0v) is 14.0. The van der Waals surface area contributed by atoms with Crippen LogP contribution in [0.25, 0.3) is 0 Å². The highest BCUT2D eigenvalue weighted by Gasteiger charge is 2.22. The molecule has 0 aliphatic carbocycles. The largest absolute Gasteiger partial charge is 0.356 e. The molecule has 2 heterocycles. The van der Waals surface area contributed by atoms with Crippen molar-refractivity contribution in [2.75, 3.05) is 32.1 Å². The maximum absolute atomic E-state index is 6.04. The van der Waals surface area contributed by atoms with Crippen molar-refractivity contribution in [2.45, 2.75) is 51.6 Å². The van der Waals surface area contributed by atoms with Gasteiger partial charge in [-0.2, -0.15) is 0 Å². The number of nitrogens with two attached hydrogens (primary N) is 1. The fourth-order valence-electron chi connectivity index (χ4n) is 3.11. The molecule has 21 heavy (non-hydrogen) atoms. The standard InChI is InChI=1S/C17H30N4/c1-5-15(18)11-14-10-13(2)17(19-12-14)21(4)16-6-8-20(3)9-7-16/h10,12,15-16H,5-9,11,18H2,1-4H3. The molecule has 2 N–H and O–H groups in total. The molecule has 0 spiro atoms. The quantitative estimate of drug-likeness (QED) is 0.903. The maximum atomic E-state index is 6.04. The summed E-state index contributed by atoms with van der Waals surface area (Å²) in [6.07, 6.45) is 6.37. The Labute approximate surface area is 129 Å². The zero-order valence-electron chi connectivity index (χ0n) is 14.0. The number of nitrogens with zero attached hydrogens (tertiary/aromatic N) is 3. The van der Waals surface area contributed by atoms with Crippen molar-refractivity contribution >= 4 is 5.82 Å². The minimum atomic E-state index is 0.240. The number of anilines is 1. The minimum absolute atomic E-state index is 0.240. The van der Waals surface area contributed by atoms with Crippen LogP contribution in [0.4, 0.5) is 5.82 Å². The van der Waals surface area contributed by atoms with Crippen LogP contribution in [0.3, 0.4) is 0 Å². The van der Waals surface area contributed by atoms with E-state index in [0.29, 0.717) is 6.04 Å². The summed E-state index contributed by atoms with van der Waals surface area (Å²) in [4.78, 5) is 9.49. The lowest BCUT2D eigenvalue weighted by atomic mass is 10.0. The molecule has 4 nitrogen and oxygen atoms in total. The first-order valence-electron chi connectivity index (χ1n) is 8.13. The van der Waals surface area contributed by atoms with Crippen LogP contribution in [-0.4, -0.2) is 49.2 Å². The highest BCUT2D eigenvalue weighted by Crippen LogP contribution is 2.23. The number of pyridine rings is 1. The Morgan fingerprint density at radius 3 is 2.67 bits per heavy atom. The molecule has 0 radical (unpaired) electrons. The summed E-state index contributed by atoms with van der Waals surface area (Å²) >= 11 is 0. The van der Waals surface area contributed by atoms with Gasteiger partial charge < -0.3 is 15.5 Å². The molecule has 1 fully saturated rings. The van der Waals surface area contributed by atoms with E-state index in [-0.39, 0.29) is 6.04 Å². The van der Waals surface area contributed by atoms with E-state index in [2.05, 4.69) is 43.8 Å². The lowest BCUT2D eigenvalue weighted by molar-refractivity contribution is 0.252. The Balaban J connectivity index is 2.06.